The first kappa shape index (κ1) is 12.5. The smallest absolute Gasteiger partial charge is 0.278 e. The molecule has 18 heavy (non-hydrogen) atoms. The van der Waals surface area contributed by atoms with Gasteiger partial charge in [-0.15, -0.1) is 0 Å². The Morgan fingerprint density at radius 3 is 2.83 bits per heavy atom. The van der Waals surface area contributed by atoms with Gasteiger partial charge in [-0.25, -0.2) is 9.37 Å². The number of carbonyl (C=O) groups excluding carboxylic acids is 1. The van der Waals surface area contributed by atoms with E-state index in [0.717, 1.165) is 0 Å². The van der Waals surface area contributed by atoms with Crippen LogP contribution in [0, 0.1) is 5.82 Å². The number of anilines is 1. The first-order valence-corrected chi connectivity index (χ1v) is 5.77. The van der Waals surface area contributed by atoms with Crippen LogP contribution in [-0.2, 0) is 0 Å². The van der Waals surface area contributed by atoms with Crippen LogP contribution in [0.3, 0.4) is 0 Å². The molecule has 0 unspecified atom stereocenters. The lowest BCUT2D eigenvalue weighted by Crippen LogP contribution is -2.14. The zero-order valence-corrected chi connectivity index (χ0v) is 10.6. The van der Waals surface area contributed by atoms with Gasteiger partial charge in [-0.2, -0.15) is 0 Å². The van der Waals surface area contributed by atoms with Crippen LogP contribution in [0.25, 0.3) is 0 Å². The van der Waals surface area contributed by atoms with Crippen molar-refractivity contribution in [3.05, 3.63) is 52.5 Å². The summed E-state index contributed by atoms with van der Waals surface area (Å²) < 4.78 is 14.1. The fourth-order valence-electron chi connectivity index (χ4n) is 1.34. The van der Waals surface area contributed by atoms with E-state index in [0.29, 0.717) is 4.47 Å². The van der Waals surface area contributed by atoms with Gasteiger partial charge in [0.05, 0.1) is 5.69 Å². The normalized spacial score (nSPS) is 10.1. The highest BCUT2D eigenvalue weighted by Crippen LogP contribution is 2.21. The van der Waals surface area contributed by atoms with Gasteiger partial charge in [0.15, 0.2) is 5.69 Å². The standard InChI is InChI=1S/C12H8BrFN2O2/c13-7-3-4-9(8(14)6-7)16-12(18)11-10(17)2-1-5-15-11/h1-6,17H,(H,16,18). The third kappa shape index (κ3) is 2.65. The van der Waals surface area contributed by atoms with E-state index in [2.05, 4.69) is 26.2 Å². The Morgan fingerprint density at radius 2 is 2.17 bits per heavy atom. The van der Waals surface area contributed by atoms with Crippen molar-refractivity contribution in [3.63, 3.8) is 0 Å². The quantitative estimate of drug-likeness (QED) is 0.896. The van der Waals surface area contributed by atoms with Crippen molar-refractivity contribution in [1.29, 1.82) is 0 Å². The zero-order valence-electron chi connectivity index (χ0n) is 9.02. The molecule has 1 aromatic carbocycles. The molecule has 2 rings (SSSR count). The van der Waals surface area contributed by atoms with Crippen molar-refractivity contribution in [2.75, 3.05) is 5.32 Å². The summed E-state index contributed by atoms with van der Waals surface area (Å²) in [6, 6.07) is 7.06. The molecule has 0 aliphatic carbocycles. The third-order valence-electron chi connectivity index (χ3n) is 2.18. The van der Waals surface area contributed by atoms with Crippen LogP contribution >= 0.6 is 15.9 Å². The van der Waals surface area contributed by atoms with Crippen molar-refractivity contribution in [2.45, 2.75) is 0 Å². The van der Waals surface area contributed by atoms with E-state index in [9.17, 15) is 14.3 Å². The van der Waals surface area contributed by atoms with Crippen LogP contribution in [0.5, 0.6) is 5.75 Å². The third-order valence-corrected chi connectivity index (χ3v) is 2.67. The van der Waals surface area contributed by atoms with Gasteiger partial charge < -0.3 is 10.4 Å². The number of pyridine rings is 1. The predicted molar refractivity (Wildman–Crippen MR) is 68.0 cm³/mol. The second kappa shape index (κ2) is 5.14. The van der Waals surface area contributed by atoms with Crippen LogP contribution in [0.15, 0.2) is 41.0 Å². The molecule has 0 saturated heterocycles. The number of nitrogens with one attached hydrogen (secondary N) is 1. The molecule has 0 fully saturated rings. The Kier molecular flexibility index (Phi) is 3.57. The van der Waals surface area contributed by atoms with Gasteiger partial charge in [0, 0.05) is 10.7 Å². The molecule has 0 radical (unpaired) electrons. The van der Waals surface area contributed by atoms with Gasteiger partial charge in [-0.05, 0) is 30.3 Å². The van der Waals surface area contributed by atoms with Crippen LogP contribution in [0.2, 0.25) is 0 Å². The van der Waals surface area contributed by atoms with E-state index in [1.165, 1.54) is 30.5 Å². The maximum absolute atomic E-state index is 13.5. The molecule has 1 aromatic heterocycles. The maximum atomic E-state index is 13.5. The molecule has 0 atom stereocenters. The molecule has 1 heterocycles. The van der Waals surface area contributed by atoms with E-state index >= 15 is 0 Å². The molecule has 1 amide bonds. The molecule has 4 nitrogen and oxygen atoms in total. The summed E-state index contributed by atoms with van der Waals surface area (Å²) in [5.74, 6) is -1.50. The van der Waals surface area contributed by atoms with Crippen LogP contribution in [0.4, 0.5) is 10.1 Å². The topological polar surface area (TPSA) is 62.2 Å². The molecular formula is C12H8BrFN2O2. The second-order valence-corrected chi connectivity index (χ2v) is 4.37. The first-order chi connectivity index (χ1) is 8.58. The lowest BCUT2D eigenvalue weighted by molar-refractivity contribution is 0.101. The summed E-state index contributed by atoms with van der Waals surface area (Å²) in [5, 5.41) is 11.8. The lowest BCUT2D eigenvalue weighted by Gasteiger charge is -2.07. The van der Waals surface area contributed by atoms with Gasteiger partial charge in [0.1, 0.15) is 11.6 Å². The highest BCUT2D eigenvalue weighted by molar-refractivity contribution is 9.10. The van der Waals surface area contributed by atoms with E-state index in [4.69, 9.17) is 0 Å². The Labute approximate surface area is 111 Å². The number of rotatable bonds is 2. The van der Waals surface area contributed by atoms with Gasteiger partial charge >= 0.3 is 0 Å². The molecule has 2 N–H and O–H groups in total. The number of hydrogen-bond acceptors (Lipinski definition) is 3. The Morgan fingerprint density at radius 1 is 1.39 bits per heavy atom. The summed E-state index contributed by atoms with van der Waals surface area (Å²) in [5.41, 5.74) is -0.131. The summed E-state index contributed by atoms with van der Waals surface area (Å²) >= 11 is 3.11. The molecule has 0 aliphatic heterocycles. The Balaban J connectivity index is 2.24. The number of aromatic nitrogens is 1. The van der Waals surface area contributed by atoms with Crippen LogP contribution in [0.1, 0.15) is 10.5 Å². The molecular weight excluding hydrogens is 303 g/mol. The molecule has 0 bridgehead atoms. The predicted octanol–water partition coefficient (Wildman–Crippen LogP) is 2.94. The fraction of sp³-hybridized carbons (Fsp3) is 0. The number of benzene rings is 1. The van der Waals surface area contributed by atoms with E-state index in [-0.39, 0.29) is 17.1 Å². The number of carbonyl (C=O) groups is 1. The summed E-state index contributed by atoms with van der Waals surface area (Å²) in [7, 11) is 0. The maximum Gasteiger partial charge on any atom is 0.278 e. The van der Waals surface area contributed by atoms with Crippen LogP contribution in [-0.4, -0.2) is 16.0 Å². The van der Waals surface area contributed by atoms with Gasteiger partial charge in [0.2, 0.25) is 0 Å². The van der Waals surface area contributed by atoms with Crippen LogP contribution < -0.4 is 5.32 Å². The number of nitrogens with zero attached hydrogens (tertiary/aromatic N) is 1. The number of aromatic hydroxyl groups is 1. The Bertz CT molecular complexity index is 604. The summed E-state index contributed by atoms with van der Waals surface area (Å²) in [6.45, 7) is 0. The molecule has 0 aliphatic rings. The first-order valence-electron chi connectivity index (χ1n) is 4.98. The molecule has 0 spiro atoms. The van der Waals surface area contributed by atoms with Crippen molar-refractivity contribution in [2.24, 2.45) is 0 Å². The zero-order chi connectivity index (χ0) is 13.1. The van der Waals surface area contributed by atoms with E-state index in [1.54, 1.807) is 6.07 Å². The minimum Gasteiger partial charge on any atom is -0.505 e. The van der Waals surface area contributed by atoms with Gasteiger partial charge in [-0.3, -0.25) is 4.79 Å². The average molecular weight is 311 g/mol. The second-order valence-electron chi connectivity index (χ2n) is 3.45. The van der Waals surface area contributed by atoms with Crippen molar-refractivity contribution >= 4 is 27.5 Å². The lowest BCUT2D eigenvalue weighted by atomic mass is 10.2. The summed E-state index contributed by atoms with van der Waals surface area (Å²) in [4.78, 5) is 15.5. The fourth-order valence-corrected chi connectivity index (χ4v) is 1.68. The monoisotopic (exact) mass is 310 g/mol. The average Bonchev–Trinajstić information content (AvgIpc) is 2.33. The van der Waals surface area contributed by atoms with Gasteiger partial charge in [0.25, 0.3) is 5.91 Å². The Hall–Kier alpha value is -1.95. The van der Waals surface area contributed by atoms with Crippen molar-refractivity contribution in [3.8, 4) is 5.75 Å². The highest BCUT2D eigenvalue weighted by Gasteiger charge is 2.14. The highest BCUT2D eigenvalue weighted by atomic mass is 79.9. The number of hydrogen-bond donors (Lipinski definition) is 2. The van der Waals surface area contributed by atoms with E-state index in [1.807, 2.05) is 0 Å². The minimum absolute atomic E-state index is 0.0215. The van der Waals surface area contributed by atoms with Crippen molar-refractivity contribution in [1.82, 2.24) is 4.98 Å². The van der Waals surface area contributed by atoms with E-state index < -0.39 is 11.7 Å². The van der Waals surface area contributed by atoms with Crippen molar-refractivity contribution < 1.29 is 14.3 Å². The minimum atomic E-state index is -0.672. The largest absolute Gasteiger partial charge is 0.505 e. The number of halogens is 2. The van der Waals surface area contributed by atoms with Gasteiger partial charge in [-0.1, -0.05) is 15.9 Å². The molecule has 2 aromatic rings. The number of amides is 1. The SMILES string of the molecule is O=C(Nc1ccc(Br)cc1F)c1ncccc1O. The molecule has 6 heteroatoms. The summed E-state index contributed by atoms with van der Waals surface area (Å²) in [6.07, 6.45) is 1.37. The molecule has 92 valence electrons. The molecule has 0 saturated carbocycles.